The lowest BCUT2D eigenvalue weighted by Crippen LogP contribution is -2.06. The van der Waals surface area contributed by atoms with E-state index in [1.807, 2.05) is 36.4 Å². The summed E-state index contributed by atoms with van der Waals surface area (Å²) in [6, 6.07) is 11.3. The maximum atomic E-state index is 11.8. The molecule has 0 N–H and O–H groups in total. The molecule has 0 bridgehead atoms. The van der Waals surface area contributed by atoms with Gasteiger partial charge in [0.1, 0.15) is 6.07 Å². The molecule has 0 spiro atoms. The van der Waals surface area contributed by atoms with Crippen molar-refractivity contribution in [2.75, 3.05) is 6.61 Å². The molecule has 90 valence electrons. The molecule has 1 aromatic carbocycles. The van der Waals surface area contributed by atoms with Crippen LogP contribution in [0.5, 0.6) is 0 Å². The topological polar surface area (TPSA) is 63.0 Å². The molecule has 18 heavy (non-hydrogen) atoms. The number of ether oxygens (including phenoxy) is 1. The molecular formula is C13H10N2O2S. The van der Waals surface area contributed by atoms with E-state index >= 15 is 0 Å². The summed E-state index contributed by atoms with van der Waals surface area (Å²) in [6.45, 7) is 2.02. The van der Waals surface area contributed by atoms with E-state index in [4.69, 9.17) is 10.00 Å². The number of rotatable bonds is 3. The highest BCUT2D eigenvalue weighted by Crippen LogP contribution is 2.30. The Hall–Kier alpha value is -2.19. The Bertz CT molecular complexity index is 599. The fourth-order valence-corrected chi connectivity index (χ4v) is 2.35. The van der Waals surface area contributed by atoms with E-state index in [0.717, 1.165) is 5.56 Å². The van der Waals surface area contributed by atoms with Crippen molar-refractivity contribution in [3.63, 3.8) is 0 Å². The monoisotopic (exact) mass is 258 g/mol. The molecule has 1 heterocycles. The summed E-state index contributed by atoms with van der Waals surface area (Å²) in [4.78, 5) is 16.5. The van der Waals surface area contributed by atoms with Crippen LogP contribution in [0, 0.1) is 11.3 Å². The van der Waals surface area contributed by atoms with Gasteiger partial charge in [0.25, 0.3) is 0 Å². The first-order valence-electron chi connectivity index (χ1n) is 5.39. The highest BCUT2D eigenvalue weighted by atomic mass is 32.1. The molecule has 4 nitrogen and oxygen atoms in total. The van der Waals surface area contributed by atoms with Gasteiger partial charge in [0.15, 0.2) is 10.7 Å². The number of hydrogen-bond donors (Lipinski definition) is 0. The Morgan fingerprint density at radius 1 is 1.44 bits per heavy atom. The van der Waals surface area contributed by atoms with Gasteiger partial charge in [-0.05, 0) is 12.5 Å². The van der Waals surface area contributed by atoms with E-state index in [9.17, 15) is 4.79 Å². The van der Waals surface area contributed by atoms with Crippen LogP contribution in [0.25, 0.3) is 10.4 Å². The molecule has 0 saturated heterocycles. The Morgan fingerprint density at radius 2 is 2.17 bits per heavy atom. The van der Waals surface area contributed by atoms with Crippen LogP contribution in [0.3, 0.4) is 0 Å². The molecule has 0 amide bonds. The van der Waals surface area contributed by atoms with Crippen molar-refractivity contribution >= 4 is 17.3 Å². The maximum Gasteiger partial charge on any atom is 0.358 e. The van der Waals surface area contributed by atoms with Gasteiger partial charge in [-0.25, -0.2) is 9.78 Å². The second-order valence-electron chi connectivity index (χ2n) is 3.40. The number of thiazole rings is 1. The zero-order valence-corrected chi connectivity index (χ0v) is 10.5. The van der Waals surface area contributed by atoms with E-state index in [1.54, 1.807) is 6.92 Å². The molecule has 0 saturated carbocycles. The molecule has 1 aromatic heterocycles. The molecule has 0 unspecified atom stereocenters. The van der Waals surface area contributed by atoms with Crippen LogP contribution < -0.4 is 0 Å². The van der Waals surface area contributed by atoms with E-state index in [-0.39, 0.29) is 17.3 Å². The zero-order valence-electron chi connectivity index (χ0n) is 9.71. The van der Waals surface area contributed by atoms with Crippen LogP contribution in [0.4, 0.5) is 0 Å². The fraction of sp³-hybridized carbons (Fsp3) is 0.154. The van der Waals surface area contributed by atoms with Crippen molar-refractivity contribution in [3.05, 3.63) is 41.0 Å². The largest absolute Gasteiger partial charge is 0.461 e. The maximum absolute atomic E-state index is 11.8. The van der Waals surface area contributed by atoms with Crippen molar-refractivity contribution in [1.82, 2.24) is 4.98 Å². The van der Waals surface area contributed by atoms with Gasteiger partial charge in [-0.3, -0.25) is 0 Å². The summed E-state index contributed by atoms with van der Waals surface area (Å²) >= 11 is 1.19. The van der Waals surface area contributed by atoms with Crippen molar-refractivity contribution in [2.45, 2.75) is 6.92 Å². The highest BCUT2D eigenvalue weighted by Gasteiger charge is 2.20. The third-order valence-electron chi connectivity index (χ3n) is 2.23. The average molecular weight is 258 g/mol. The van der Waals surface area contributed by atoms with E-state index in [1.165, 1.54) is 11.3 Å². The molecule has 0 aliphatic carbocycles. The number of carbonyl (C=O) groups is 1. The van der Waals surface area contributed by atoms with E-state index in [2.05, 4.69) is 4.98 Å². The molecule has 0 aliphatic rings. The molecule has 0 atom stereocenters. The lowest BCUT2D eigenvalue weighted by atomic mass is 10.1. The number of benzene rings is 1. The quantitative estimate of drug-likeness (QED) is 0.794. The summed E-state index contributed by atoms with van der Waals surface area (Å²) in [5.74, 6) is -0.492. The van der Waals surface area contributed by atoms with Crippen molar-refractivity contribution in [1.29, 1.82) is 5.26 Å². The van der Waals surface area contributed by atoms with Crippen LogP contribution in [0.15, 0.2) is 30.3 Å². The molecule has 0 radical (unpaired) electrons. The molecule has 2 aromatic rings. The van der Waals surface area contributed by atoms with Crippen LogP contribution in [-0.4, -0.2) is 17.6 Å². The van der Waals surface area contributed by atoms with E-state index < -0.39 is 5.97 Å². The first-order chi connectivity index (χ1) is 8.76. The molecule has 2 rings (SSSR count). The second kappa shape index (κ2) is 5.43. The van der Waals surface area contributed by atoms with Gasteiger partial charge in [0.05, 0.1) is 11.5 Å². The second-order valence-corrected chi connectivity index (χ2v) is 4.39. The lowest BCUT2D eigenvalue weighted by molar-refractivity contribution is 0.0521. The number of nitrogens with zero attached hydrogens (tertiary/aromatic N) is 2. The Labute approximate surface area is 108 Å². The number of carbonyl (C=O) groups excluding carboxylic acids is 1. The van der Waals surface area contributed by atoms with Gasteiger partial charge < -0.3 is 4.74 Å². The zero-order chi connectivity index (χ0) is 13.0. The van der Waals surface area contributed by atoms with Gasteiger partial charge in [0.2, 0.25) is 0 Å². The predicted molar refractivity (Wildman–Crippen MR) is 68.2 cm³/mol. The summed E-state index contributed by atoms with van der Waals surface area (Å²) in [5.41, 5.74) is 1.07. The Kier molecular flexibility index (Phi) is 3.70. The smallest absolute Gasteiger partial charge is 0.358 e. The van der Waals surface area contributed by atoms with Crippen LogP contribution in [-0.2, 0) is 4.74 Å². The SMILES string of the molecule is CCOC(=O)c1nc(C#N)sc1-c1ccccc1. The molecule has 0 fully saturated rings. The van der Waals surface area contributed by atoms with Crippen molar-refractivity contribution in [3.8, 4) is 16.5 Å². The van der Waals surface area contributed by atoms with Gasteiger partial charge in [-0.15, -0.1) is 11.3 Å². The third-order valence-corrected chi connectivity index (χ3v) is 3.24. The van der Waals surface area contributed by atoms with Crippen LogP contribution in [0.2, 0.25) is 0 Å². The van der Waals surface area contributed by atoms with Crippen LogP contribution >= 0.6 is 11.3 Å². The minimum atomic E-state index is -0.492. The highest BCUT2D eigenvalue weighted by molar-refractivity contribution is 7.16. The molecular weight excluding hydrogens is 248 g/mol. The number of aromatic nitrogens is 1. The van der Waals surface area contributed by atoms with Crippen molar-refractivity contribution < 1.29 is 9.53 Å². The fourth-order valence-electron chi connectivity index (χ4n) is 1.49. The Morgan fingerprint density at radius 3 is 2.78 bits per heavy atom. The standard InChI is InChI=1S/C13H10N2O2S/c1-2-17-13(16)11-12(18-10(8-14)15-11)9-6-4-3-5-7-9/h3-7H,2H2,1H3. The minimum Gasteiger partial charge on any atom is -0.461 e. The van der Waals surface area contributed by atoms with Gasteiger partial charge in [0, 0.05) is 0 Å². The molecule has 5 heteroatoms. The lowest BCUT2D eigenvalue weighted by Gasteiger charge is -2.01. The normalized spacial score (nSPS) is 9.78. The summed E-state index contributed by atoms with van der Waals surface area (Å²) in [5, 5.41) is 9.14. The predicted octanol–water partition coefficient (Wildman–Crippen LogP) is 2.86. The first kappa shape index (κ1) is 12.3. The van der Waals surface area contributed by atoms with Crippen LogP contribution in [0.1, 0.15) is 22.4 Å². The van der Waals surface area contributed by atoms with E-state index in [0.29, 0.717) is 4.88 Å². The summed E-state index contributed by atoms with van der Waals surface area (Å²) in [6.07, 6.45) is 0. The van der Waals surface area contributed by atoms with Gasteiger partial charge >= 0.3 is 5.97 Å². The Balaban J connectivity index is 2.50. The minimum absolute atomic E-state index is 0.213. The first-order valence-corrected chi connectivity index (χ1v) is 6.21. The third kappa shape index (κ3) is 2.39. The summed E-state index contributed by atoms with van der Waals surface area (Å²) < 4.78 is 4.94. The van der Waals surface area contributed by atoms with Gasteiger partial charge in [-0.1, -0.05) is 30.3 Å². The molecule has 0 aliphatic heterocycles. The summed E-state index contributed by atoms with van der Waals surface area (Å²) in [7, 11) is 0. The average Bonchev–Trinajstić information content (AvgIpc) is 2.84. The van der Waals surface area contributed by atoms with Gasteiger partial charge in [-0.2, -0.15) is 5.26 Å². The van der Waals surface area contributed by atoms with Crippen molar-refractivity contribution in [2.24, 2.45) is 0 Å². The number of hydrogen-bond acceptors (Lipinski definition) is 5. The number of esters is 1. The number of nitriles is 1.